The molecule has 6 rings (SSSR count). The third kappa shape index (κ3) is 17.0. The topological polar surface area (TPSA) is 249 Å². The first-order valence-electron chi connectivity index (χ1n) is 27.2. The second-order valence-electron chi connectivity index (χ2n) is 21.7. The lowest BCUT2D eigenvalue weighted by atomic mass is 9.81. The van der Waals surface area contributed by atoms with Crippen LogP contribution >= 0.6 is 0 Å². The van der Waals surface area contributed by atoms with Gasteiger partial charge in [0.05, 0.1) is 115 Å². The molecule has 2 aromatic rings. The number of fused-ring (bicyclic) bond motifs is 2. The Morgan fingerprint density at radius 1 is 0.688 bits per heavy atom. The maximum absolute atomic E-state index is 12.6. The fraction of sp³-hybridized carbons (Fsp3) is 0.579. The Balaban J connectivity index is 1.32. The van der Waals surface area contributed by atoms with E-state index in [0.717, 1.165) is 40.4 Å². The maximum Gasteiger partial charge on any atom is 0.333 e. The molecule has 0 unspecified atom stereocenters. The third-order valence-corrected chi connectivity index (χ3v) is 16.4. The standard InChI is InChI=1S/C57H80N4O17S2/c1-56(2)46-40-44(79(65,66)67)17-19-48(46)58(25-30-73-36-38-75-34-32-71-7)50(56)21-15-42-12-9-13-43(55(42)77-29-11-28-61(5,6)27-10-14-54(64)78-60-52(62)23-24-53(60)63)16-22-51-57(3,4)47-41-45(80(68,69)70)18-20-49(47)59(51)26-31-74-37-39-76-35-33-72-8/h15-22,40-41H,9-14,23-39H2,1-8H3. The summed E-state index contributed by atoms with van der Waals surface area (Å²) in [5.74, 6) is -0.999. The van der Waals surface area contributed by atoms with Crippen molar-refractivity contribution < 1.29 is 87.4 Å². The molecule has 3 aliphatic heterocycles. The van der Waals surface area contributed by atoms with Crippen LogP contribution in [0.3, 0.4) is 0 Å². The van der Waals surface area contributed by atoms with Gasteiger partial charge in [-0.15, -0.1) is 5.06 Å². The molecule has 2 aromatic carbocycles. The van der Waals surface area contributed by atoms with Gasteiger partial charge >= 0.3 is 5.97 Å². The molecule has 21 nitrogen and oxygen atoms in total. The van der Waals surface area contributed by atoms with Gasteiger partial charge < -0.3 is 56.5 Å². The van der Waals surface area contributed by atoms with E-state index in [4.69, 9.17) is 38.0 Å². The highest BCUT2D eigenvalue weighted by atomic mass is 32.2. The summed E-state index contributed by atoms with van der Waals surface area (Å²) in [7, 11) is -2.20. The molecule has 1 saturated heterocycles. The second-order valence-corrected chi connectivity index (χ2v) is 24.4. The summed E-state index contributed by atoms with van der Waals surface area (Å²) >= 11 is 0. The van der Waals surface area contributed by atoms with E-state index < -0.39 is 48.8 Å². The highest BCUT2D eigenvalue weighted by Gasteiger charge is 2.45. The fourth-order valence-corrected chi connectivity index (χ4v) is 11.3. The summed E-state index contributed by atoms with van der Waals surface area (Å²) < 4.78 is 117. The number of amides is 2. The molecule has 0 radical (unpaired) electrons. The first kappa shape index (κ1) is 64.0. The largest absolute Gasteiger partial charge is 0.744 e. The molecule has 1 fully saturated rings. The third-order valence-electron chi connectivity index (χ3n) is 14.7. The zero-order valence-corrected chi connectivity index (χ0v) is 49.2. The lowest BCUT2D eigenvalue weighted by molar-refractivity contribution is -0.890. The molecule has 2 amide bonds. The summed E-state index contributed by atoms with van der Waals surface area (Å²) in [6, 6.07) is 8.93. The lowest BCUT2D eigenvalue weighted by Crippen LogP contribution is -2.42. The average molecular weight is 1160 g/mol. The summed E-state index contributed by atoms with van der Waals surface area (Å²) in [5, 5.41) is 0.564. The number of hydrogen-bond donors (Lipinski definition) is 0. The van der Waals surface area contributed by atoms with Gasteiger partial charge in [0.1, 0.15) is 32.6 Å². The van der Waals surface area contributed by atoms with Crippen LogP contribution in [0.1, 0.15) is 90.2 Å². The SMILES string of the molecule is COCCOCCOCCN1C(=C/C=C2\CCCC(/C=C/C3=[N+](CCOCCOCCOC)c4ccc(S(=O)(=O)[O-])cc4C3(C)C)=C2OCCC[N+](C)(C)CCCC(=O)ON2C(=O)CCC2=O)C(C)(C)c2cc(S(=O)(=O)[O-])ccc21. The molecule has 80 heavy (non-hydrogen) atoms. The first-order chi connectivity index (χ1) is 37.9. The highest BCUT2D eigenvalue weighted by Crippen LogP contribution is 2.49. The molecule has 1 aliphatic carbocycles. The maximum atomic E-state index is 12.6. The highest BCUT2D eigenvalue weighted by molar-refractivity contribution is 7.86. The van der Waals surface area contributed by atoms with Gasteiger partial charge in [-0.05, 0) is 92.3 Å². The van der Waals surface area contributed by atoms with Crippen molar-refractivity contribution in [3.05, 3.63) is 94.4 Å². The van der Waals surface area contributed by atoms with Crippen LogP contribution in [0.5, 0.6) is 0 Å². The van der Waals surface area contributed by atoms with Gasteiger partial charge in [0.25, 0.3) is 11.8 Å². The van der Waals surface area contributed by atoms with E-state index in [-0.39, 0.29) is 29.1 Å². The van der Waals surface area contributed by atoms with Crippen molar-refractivity contribution in [3.8, 4) is 0 Å². The predicted octanol–water partition coefficient (Wildman–Crippen LogP) is 5.70. The number of carbonyl (C=O) groups is 3. The van der Waals surface area contributed by atoms with Gasteiger partial charge in [0.2, 0.25) is 5.69 Å². The van der Waals surface area contributed by atoms with E-state index in [1.165, 1.54) is 24.3 Å². The van der Waals surface area contributed by atoms with E-state index in [9.17, 15) is 40.3 Å². The van der Waals surface area contributed by atoms with E-state index in [2.05, 4.69) is 23.6 Å². The van der Waals surface area contributed by atoms with Crippen LogP contribution in [0.25, 0.3) is 0 Å². The van der Waals surface area contributed by atoms with Crippen LogP contribution in [0.2, 0.25) is 0 Å². The Bertz CT molecular complexity index is 2910. The minimum atomic E-state index is -4.75. The number of hydroxylamine groups is 2. The zero-order valence-electron chi connectivity index (χ0n) is 47.6. The van der Waals surface area contributed by atoms with Crippen molar-refractivity contribution in [1.29, 1.82) is 0 Å². The molecular weight excluding hydrogens is 1080 g/mol. The molecule has 0 atom stereocenters. The van der Waals surface area contributed by atoms with Crippen LogP contribution in [0, 0.1) is 0 Å². The second kappa shape index (κ2) is 28.7. The van der Waals surface area contributed by atoms with Crippen LogP contribution in [0.15, 0.2) is 93.1 Å². The summed E-state index contributed by atoms with van der Waals surface area (Å²) in [5.41, 5.74) is 4.91. The number of allylic oxidation sites excluding steroid dienone is 7. The Labute approximate surface area is 471 Å². The van der Waals surface area contributed by atoms with Crippen molar-refractivity contribution >= 4 is 55.1 Å². The van der Waals surface area contributed by atoms with Crippen LogP contribution in [-0.4, -0.2) is 191 Å². The van der Waals surface area contributed by atoms with Crippen molar-refractivity contribution in [1.82, 2.24) is 5.06 Å². The molecule has 0 aromatic heterocycles. The molecule has 0 saturated carbocycles. The molecule has 0 bridgehead atoms. The summed E-state index contributed by atoms with van der Waals surface area (Å²) in [6.07, 6.45) is 11.4. The van der Waals surface area contributed by atoms with Crippen molar-refractivity contribution in [2.24, 2.45) is 0 Å². The average Bonchev–Trinajstić information content (AvgIpc) is 3.91. The fourth-order valence-electron chi connectivity index (χ4n) is 10.3. The van der Waals surface area contributed by atoms with E-state index in [1.54, 1.807) is 26.4 Å². The zero-order chi connectivity index (χ0) is 58.3. The molecule has 23 heteroatoms. The predicted molar refractivity (Wildman–Crippen MR) is 294 cm³/mol. The van der Waals surface area contributed by atoms with Gasteiger partial charge in [0.15, 0.2) is 12.3 Å². The number of anilines is 1. The number of methoxy groups -OCH3 is 2. The molecule has 0 N–H and O–H groups in total. The number of nitrogens with zero attached hydrogens (tertiary/aromatic N) is 4. The Kier molecular flexibility index (Phi) is 22.9. The van der Waals surface area contributed by atoms with Crippen molar-refractivity contribution in [3.63, 3.8) is 0 Å². The molecule has 442 valence electrons. The number of hydrogen-bond acceptors (Lipinski definition) is 18. The van der Waals surface area contributed by atoms with Gasteiger partial charge in [-0.3, -0.25) is 9.59 Å². The van der Waals surface area contributed by atoms with Gasteiger partial charge in [-0.2, -0.15) is 4.58 Å². The number of imide groups is 1. The van der Waals surface area contributed by atoms with Crippen LogP contribution in [0.4, 0.5) is 11.4 Å². The van der Waals surface area contributed by atoms with E-state index in [0.29, 0.717) is 151 Å². The molecular formula is C57H80N4O17S2. The quantitative estimate of drug-likeness (QED) is 0.0273. The summed E-state index contributed by atoms with van der Waals surface area (Å²) in [6.45, 7) is 14.3. The lowest BCUT2D eigenvalue weighted by Gasteiger charge is -2.30. The molecule has 3 heterocycles. The first-order valence-corrected chi connectivity index (χ1v) is 30.0. The number of ether oxygens (including phenoxy) is 7. The number of benzene rings is 2. The van der Waals surface area contributed by atoms with Crippen LogP contribution < -0.4 is 4.90 Å². The minimum absolute atomic E-state index is 0.0210. The monoisotopic (exact) mass is 1160 g/mol. The number of rotatable bonds is 33. The molecule has 0 spiro atoms. The van der Waals surface area contributed by atoms with Gasteiger partial charge in [0, 0.05) is 81.0 Å². The van der Waals surface area contributed by atoms with E-state index in [1.807, 2.05) is 52.0 Å². The number of carbonyl (C=O) groups excluding carboxylic acids is 3. The van der Waals surface area contributed by atoms with Gasteiger partial charge in [-0.25, -0.2) is 21.6 Å². The Morgan fingerprint density at radius 2 is 1.26 bits per heavy atom. The van der Waals surface area contributed by atoms with Crippen LogP contribution in [-0.2, 0) is 83.4 Å². The summed E-state index contributed by atoms with van der Waals surface area (Å²) in [4.78, 5) is 43.0. The van der Waals surface area contributed by atoms with E-state index >= 15 is 0 Å². The van der Waals surface area contributed by atoms with Crippen molar-refractivity contribution in [2.75, 3.05) is 132 Å². The Morgan fingerprint density at radius 3 is 1.89 bits per heavy atom. The normalized spacial score (nSPS) is 18.4. The molecule has 4 aliphatic rings. The van der Waals surface area contributed by atoms with Gasteiger partial charge in [-0.1, -0.05) is 19.9 Å². The smallest absolute Gasteiger partial charge is 0.333 e. The van der Waals surface area contributed by atoms with Crippen molar-refractivity contribution in [2.45, 2.75) is 99.7 Å². The Hall–Kier alpha value is -5.18. The number of quaternary nitrogens is 1. The minimum Gasteiger partial charge on any atom is -0.744 e.